The van der Waals surface area contributed by atoms with Crippen molar-refractivity contribution in [1.29, 1.82) is 0 Å². The molecule has 1 aliphatic rings. The van der Waals surface area contributed by atoms with Crippen molar-refractivity contribution >= 4 is 29.9 Å². The number of rotatable bonds is 6. The first-order valence-corrected chi connectivity index (χ1v) is 12.5. The van der Waals surface area contributed by atoms with Crippen LogP contribution in [0.5, 0.6) is 5.75 Å². The molecule has 182 valence electrons. The molecule has 14 heteroatoms. The molecule has 1 fully saturated rings. The molecular weight excluding hydrogens is 475 g/mol. The van der Waals surface area contributed by atoms with E-state index in [1.165, 1.54) is 13.3 Å². The number of piperidine rings is 1. The number of halogens is 6. The second-order valence-corrected chi connectivity index (χ2v) is 11.0. The van der Waals surface area contributed by atoms with Crippen LogP contribution in [0.3, 0.4) is 0 Å². The van der Waals surface area contributed by atoms with Crippen LogP contribution in [0.2, 0.25) is 0 Å². The standard InChI is InChI=1S/C19H22F6N5O2P/c1-33(2,31)15-8-12(32-19(23,24)25)5-6-14(15)29-16-13(18(20,21)22)10-27-17(30-16)28-11-4-3-7-26-9-11/h5-6,8,10-11,26H,3-4,7,9H2,1-2H3,(H2,27,28,29,30)/t11-/m0/s1. The summed E-state index contributed by atoms with van der Waals surface area (Å²) in [6.07, 6.45) is -7.52. The van der Waals surface area contributed by atoms with Gasteiger partial charge in [0.05, 0.1) is 5.69 Å². The van der Waals surface area contributed by atoms with Crippen LogP contribution >= 0.6 is 7.14 Å². The van der Waals surface area contributed by atoms with Gasteiger partial charge >= 0.3 is 12.5 Å². The van der Waals surface area contributed by atoms with Gasteiger partial charge in [-0.3, -0.25) is 0 Å². The maximum atomic E-state index is 13.6. The molecule has 0 aliphatic carbocycles. The molecule has 0 radical (unpaired) electrons. The fraction of sp³-hybridized carbons (Fsp3) is 0.474. The predicted molar refractivity (Wildman–Crippen MR) is 112 cm³/mol. The highest BCUT2D eigenvalue weighted by Crippen LogP contribution is 2.41. The van der Waals surface area contributed by atoms with E-state index in [4.69, 9.17) is 0 Å². The van der Waals surface area contributed by atoms with E-state index in [9.17, 15) is 30.9 Å². The summed E-state index contributed by atoms with van der Waals surface area (Å²) in [7, 11) is -3.24. The molecule has 2 aromatic rings. The SMILES string of the molecule is CP(C)(=O)c1cc(OC(F)(F)F)ccc1Nc1nc(N[C@H]2CCCNC2)ncc1C(F)(F)F. The third-order valence-electron chi connectivity index (χ3n) is 4.76. The molecule has 0 spiro atoms. The zero-order valence-electron chi connectivity index (χ0n) is 17.6. The number of hydrogen-bond donors (Lipinski definition) is 3. The summed E-state index contributed by atoms with van der Waals surface area (Å²) < 4.78 is 95.0. The second kappa shape index (κ2) is 9.38. The maximum absolute atomic E-state index is 13.6. The van der Waals surface area contributed by atoms with E-state index in [2.05, 4.69) is 30.7 Å². The molecule has 1 saturated heterocycles. The summed E-state index contributed by atoms with van der Waals surface area (Å²) in [5.74, 6) is -1.31. The lowest BCUT2D eigenvalue weighted by Gasteiger charge is -2.24. The van der Waals surface area contributed by atoms with Crippen molar-refractivity contribution in [2.24, 2.45) is 0 Å². The molecule has 0 amide bonds. The van der Waals surface area contributed by atoms with Crippen LogP contribution in [-0.4, -0.2) is 48.8 Å². The molecule has 0 bridgehead atoms. The highest BCUT2D eigenvalue weighted by atomic mass is 31.2. The number of ether oxygens (including phenoxy) is 1. The van der Waals surface area contributed by atoms with E-state index >= 15 is 0 Å². The molecule has 2 heterocycles. The molecule has 0 unspecified atom stereocenters. The van der Waals surface area contributed by atoms with Crippen molar-refractivity contribution in [3.05, 3.63) is 30.0 Å². The largest absolute Gasteiger partial charge is 0.573 e. The van der Waals surface area contributed by atoms with Crippen molar-refractivity contribution in [2.45, 2.75) is 31.4 Å². The summed E-state index contributed by atoms with van der Waals surface area (Å²) in [5.41, 5.74) is -1.27. The zero-order chi connectivity index (χ0) is 24.4. The minimum atomic E-state index is -4.98. The Morgan fingerprint density at radius 3 is 2.48 bits per heavy atom. The normalized spacial score (nSPS) is 17.5. The third kappa shape index (κ3) is 6.97. The Morgan fingerprint density at radius 1 is 1.18 bits per heavy atom. The molecule has 1 aromatic carbocycles. The minimum Gasteiger partial charge on any atom is -0.406 e. The van der Waals surface area contributed by atoms with E-state index < -0.39 is 36.8 Å². The number of nitrogens with zero attached hydrogens (tertiary/aromatic N) is 2. The van der Waals surface area contributed by atoms with Gasteiger partial charge in [-0.05, 0) is 50.9 Å². The third-order valence-corrected chi connectivity index (χ3v) is 6.29. The summed E-state index contributed by atoms with van der Waals surface area (Å²) in [4.78, 5) is 7.71. The number of anilines is 3. The van der Waals surface area contributed by atoms with Gasteiger partial charge in [0.15, 0.2) is 0 Å². The van der Waals surface area contributed by atoms with Crippen molar-refractivity contribution in [2.75, 3.05) is 37.1 Å². The van der Waals surface area contributed by atoms with Crippen LogP contribution < -0.4 is 26.0 Å². The first-order chi connectivity index (χ1) is 15.2. The molecule has 3 N–H and O–H groups in total. The quantitative estimate of drug-likeness (QED) is 0.399. The van der Waals surface area contributed by atoms with Crippen LogP contribution in [0.1, 0.15) is 18.4 Å². The fourth-order valence-electron chi connectivity index (χ4n) is 3.30. The monoisotopic (exact) mass is 497 g/mol. The molecular formula is C19H22F6N5O2P. The Labute approximate surface area is 185 Å². The first-order valence-electron chi connectivity index (χ1n) is 9.86. The lowest BCUT2D eigenvalue weighted by molar-refractivity contribution is -0.274. The average Bonchev–Trinajstić information content (AvgIpc) is 2.67. The van der Waals surface area contributed by atoms with E-state index in [0.29, 0.717) is 12.7 Å². The van der Waals surface area contributed by atoms with Gasteiger partial charge in [-0.15, -0.1) is 13.2 Å². The number of aromatic nitrogens is 2. The molecule has 1 aromatic heterocycles. The molecule has 1 aliphatic heterocycles. The Balaban J connectivity index is 1.99. The van der Waals surface area contributed by atoms with Gasteiger partial charge in [-0.1, -0.05) is 0 Å². The van der Waals surface area contributed by atoms with Crippen molar-refractivity contribution in [1.82, 2.24) is 15.3 Å². The maximum Gasteiger partial charge on any atom is 0.573 e. The van der Waals surface area contributed by atoms with Crippen LogP contribution in [0, 0.1) is 0 Å². The summed E-state index contributed by atoms with van der Waals surface area (Å²) in [6, 6.07) is 2.79. The van der Waals surface area contributed by atoms with E-state index in [-0.39, 0.29) is 23.0 Å². The van der Waals surface area contributed by atoms with Crippen molar-refractivity contribution in [3.8, 4) is 5.75 Å². The second-order valence-electron chi connectivity index (χ2n) is 7.84. The molecule has 3 rings (SSSR count). The number of alkyl halides is 6. The van der Waals surface area contributed by atoms with Crippen LogP contribution in [-0.2, 0) is 10.7 Å². The molecule has 33 heavy (non-hydrogen) atoms. The number of hydrogen-bond acceptors (Lipinski definition) is 7. The topological polar surface area (TPSA) is 88.2 Å². The van der Waals surface area contributed by atoms with Gasteiger partial charge in [0.25, 0.3) is 0 Å². The average molecular weight is 497 g/mol. The molecule has 0 saturated carbocycles. The number of benzene rings is 1. The van der Waals surface area contributed by atoms with Crippen LogP contribution in [0.4, 0.5) is 43.8 Å². The van der Waals surface area contributed by atoms with Gasteiger partial charge in [-0.2, -0.15) is 18.2 Å². The zero-order valence-corrected chi connectivity index (χ0v) is 18.5. The fourth-order valence-corrected chi connectivity index (χ4v) is 4.45. The van der Waals surface area contributed by atoms with Crippen LogP contribution in [0.15, 0.2) is 24.4 Å². The first kappa shape index (κ1) is 25.1. The van der Waals surface area contributed by atoms with Gasteiger partial charge in [-0.25, -0.2) is 4.98 Å². The Morgan fingerprint density at radius 2 is 1.91 bits per heavy atom. The Bertz CT molecular complexity index is 1030. The molecule has 7 nitrogen and oxygen atoms in total. The van der Waals surface area contributed by atoms with E-state index in [0.717, 1.165) is 37.6 Å². The minimum absolute atomic E-state index is 0.0473. The lowest BCUT2D eigenvalue weighted by atomic mass is 10.1. The Hall–Kier alpha value is -2.53. The van der Waals surface area contributed by atoms with E-state index in [1.54, 1.807) is 0 Å². The van der Waals surface area contributed by atoms with Crippen molar-refractivity contribution < 1.29 is 35.6 Å². The predicted octanol–water partition coefficient (Wildman–Crippen LogP) is 4.55. The van der Waals surface area contributed by atoms with Crippen molar-refractivity contribution in [3.63, 3.8) is 0 Å². The van der Waals surface area contributed by atoms with Gasteiger partial charge in [0.1, 0.15) is 24.3 Å². The van der Waals surface area contributed by atoms with Crippen LogP contribution in [0.25, 0.3) is 0 Å². The summed E-state index contributed by atoms with van der Waals surface area (Å²) in [5, 5.41) is 8.49. The lowest BCUT2D eigenvalue weighted by Crippen LogP contribution is -2.38. The number of nitrogens with one attached hydrogen (secondary N) is 3. The summed E-state index contributed by atoms with van der Waals surface area (Å²) >= 11 is 0. The highest BCUT2D eigenvalue weighted by molar-refractivity contribution is 7.70. The van der Waals surface area contributed by atoms with Gasteiger partial charge < -0.3 is 25.3 Å². The van der Waals surface area contributed by atoms with E-state index in [1.807, 2.05) is 0 Å². The van der Waals surface area contributed by atoms with Gasteiger partial charge in [0, 0.05) is 24.1 Å². The summed E-state index contributed by atoms with van der Waals surface area (Å²) in [6.45, 7) is 3.98. The highest BCUT2D eigenvalue weighted by Gasteiger charge is 2.36. The molecule has 1 atom stereocenters. The Kier molecular flexibility index (Phi) is 7.13. The van der Waals surface area contributed by atoms with Gasteiger partial charge in [0.2, 0.25) is 5.95 Å². The smallest absolute Gasteiger partial charge is 0.406 e.